The molecule has 3 saturated heterocycles. The van der Waals surface area contributed by atoms with Crippen LogP contribution in [0.1, 0.15) is 150 Å². The number of ether oxygens (including phenoxy) is 1. The van der Waals surface area contributed by atoms with Crippen LogP contribution in [0.3, 0.4) is 0 Å². The molecule has 15 atom stereocenters. The molecule has 28 heteroatoms. The number of rotatable bonds is 24. The minimum absolute atomic E-state index is 0.00404. The largest absolute Gasteiger partial charge is 0.472 e. The second-order valence-electron chi connectivity index (χ2n) is 27.4. The van der Waals surface area contributed by atoms with E-state index < -0.39 is 137 Å². The summed E-state index contributed by atoms with van der Waals surface area (Å²) in [5.74, 6) is -6.18. The van der Waals surface area contributed by atoms with Crippen molar-refractivity contribution in [1.82, 2.24) is 25.5 Å². The van der Waals surface area contributed by atoms with Crippen LogP contribution in [0.15, 0.2) is 67.8 Å². The molecule has 3 unspecified atom stereocenters. The molecule has 1 aromatic carbocycles. The Kier molecular flexibility index (Phi) is 18.1. The van der Waals surface area contributed by atoms with Crippen LogP contribution in [0.4, 0.5) is 0 Å². The number of aliphatic hydroxyl groups is 2. The highest BCUT2D eigenvalue weighted by Crippen LogP contribution is 2.63. The monoisotopic (exact) mass is 1270 g/mol. The van der Waals surface area contributed by atoms with Crippen molar-refractivity contribution in [3.63, 3.8) is 0 Å². The lowest BCUT2D eigenvalue weighted by Crippen LogP contribution is -2.56. The Hall–Kier alpha value is -7.00. The maximum atomic E-state index is 14.4. The number of aromatic nitrogens is 2. The SMILES string of the molecule is CC1=C2N=C(C=C3N/C(=C(/C)C4=N[C@@](C)([C@@H]5N=C1[C@](C)(CCC(=O)NC[C@@H](C)OP(=O)(O)O[C@H]1[C@@H](O)[C@@H](n6cnc7cc(C)c(C)cc76)O[C@@H]1CO)[C@H]5CC(N)=O)[C@@](C)(CC(N)=O)[C@@H]4CCC(N)=O)C1(C)CC(=O)NC31CCC(N)=O)C(C)(C)[C@@H]2CCC(N)=O. The number of nitrogens with zero attached hydrogens (tertiary/aromatic N) is 5. The fraction of sp³-hybridized carbons (Fsp3) is 0.629. The molecule has 16 N–H and O–H groups in total. The zero-order chi connectivity index (χ0) is 66.3. The van der Waals surface area contributed by atoms with Crippen LogP contribution in [0.2, 0.25) is 0 Å². The molecule has 90 heavy (non-hydrogen) atoms. The number of fused-ring (bicyclic) bond motifs is 10. The van der Waals surface area contributed by atoms with E-state index >= 15 is 0 Å². The van der Waals surface area contributed by atoms with E-state index in [2.05, 4.69) is 20.9 Å². The Labute approximate surface area is 522 Å². The lowest BCUT2D eigenvalue weighted by atomic mass is 9.55. The first-order valence-electron chi connectivity index (χ1n) is 30.6. The van der Waals surface area contributed by atoms with Gasteiger partial charge in [0, 0.05) is 125 Å². The molecule has 1 aromatic heterocycles. The van der Waals surface area contributed by atoms with E-state index in [9.17, 15) is 53.2 Å². The highest BCUT2D eigenvalue weighted by molar-refractivity contribution is 7.47. The average Bonchev–Trinajstić information content (AvgIpc) is 1.53. The Morgan fingerprint density at radius 1 is 0.878 bits per heavy atom. The van der Waals surface area contributed by atoms with Crippen LogP contribution in [-0.2, 0) is 51.9 Å². The molecule has 0 radical (unpaired) electrons. The summed E-state index contributed by atoms with van der Waals surface area (Å²) in [5.41, 5.74) is 30.2. The number of phosphoric acid groups is 1. The lowest BCUT2D eigenvalue weighted by molar-refractivity contribution is -0.124. The number of hydrogen-bond acceptors (Lipinski definition) is 18. The Morgan fingerprint density at radius 2 is 1.52 bits per heavy atom. The molecule has 490 valence electrons. The molecule has 2 aromatic rings. The normalized spacial score (nSPS) is 34.3. The number of nitrogens with one attached hydrogen (secondary N) is 3. The maximum Gasteiger partial charge on any atom is 0.472 e. The zero-order valence-electron chi connectivity index (χ0n) is 53.1. The van der Waals surface area contributed by atoms with Crippen molar-refractivity contribution in [3.05, 3.63) is 63.9 Å². The van der Waals surface area contributed by atoms with Gasteiger partial charge in [-0.15, -0.1) is 0 Å². The predicted molar refractivity (Wildman–Crippen MR) is 332 cm³/mol. The number of allylic oxidation sites excluding steroid dienone is 4. The number of hydrogen-bond donors (Lipinski definition) is 11. The Morgan fingerprint density at radius 3 is 2.14 bits per heavy atom. The quantitative estimate of drug-likeness (QED) is 0.0673. The van der Waals surface area contributed by atoms with E-state index in [1.807, 2.05) is 87.4 Å². The molecule has 3 fully saturated rings. The van der Waals surface area contributed by atoms with E-state index in [4.69, 9.17) is 57.4 Å². The van der Waals surface area contributed by atoms with Gasteiger partial charge in [-0.3, -0.25) is 57.6 Å². The number of amides is 7. The Balaban J connectivity index is 1.10. The van der Waals surface area contributed by atoms with Crippen LogP contribution in [-0.4, -0.2) is 138 Å². The minimum atomic E-state index is -5.06. The first-order valence-corrected chi connectivity index (χ1v) is 32.1. The van der Waals surface area contributed by atoms with Gasteiger partial charge in [0.25, 0.3) is 0 Å². The third-order valence-electron chi connectivity index (χ3n) is 21.2. The first-order chi connectivity index (χ1) is 41.9. The van der Waals surface area contributed by atoms with E-state index in [0.717, 1.165) is 11.1 Å². The first kappa shape index (κ1) is 67.4. The number of carbonyl (C=O) groups is 7. The molecule has 0 spiro atoms. The second-order valence-corrected chi connectivity index (χ2v) is 28.7. The van der Waals surface area contributed by atoms with Gasteiger partial charge in [0.05, 0.1) is 47.2 Å². The third kappa shape index (κ3) is 11.6. The molecular weight excluding hydrogens is 1180 g/mol. The molecular formula is C62H88N13O14P. The fourth-order valence-electron chi connectivity index (χ4n) is 15.9. The second kappa shape index (κ2) is 24.2. The molecule has 7 aliphatic rings. The van der Waals surface area contributed by atoms with Gasteiger partial charge >= 0.3 is 7.82 Å². The lowest BCUT2D eigenvalue weighted by Gasteiger charge is -2.48. The number of carbonyl (C=O) groups excluding carboxylic acids is 7. The summed E-state index contributed by atoms with van der Waals surface area (Å²) >= 11 is 0. The van der Waals surface area contributed by atoms with Gasteiger partial charge in [-0.2, -0.15) is 0 Å². The standard InChI is InChI=1S/C62H88N13O14P/c1-29-20-37-38(21-30(29)2)75(28-69-37)56-51(84)52(39(27-76)87-56)89-90(85,86)88-31(3)26-68-47(82)17-18-58(8)36(22-45(66)80)55-61(11)59(9,24-46(67)81)35(13-15-43(64)78)50(74-61)33(5)54-60(10)25-48(83)73-62(60,19-16-44(65)79)41(71-54)23-40-57(6,7)34(12-14-42(63)77)49(70-40)32(4)53(58)72-55/h20-21,23,28,31,34-36,39,51-52,55-56,71,76,84H,12-19,22,24-27H2,1-11H3,(H2,63,77)(H2,64,78)(H2,65,79)(H2,66,80)(H2,67,81)(H,68,82)(H,73,83)(H,85,86)/b41-23?,49-32?,54-33-/t31-,34-,35-,36+,39-,51-,52-,55-,56+,58-,59+,60?,61+,62?/m1/s1. The fourth-order valence-corrected chi connectivity index (χ4v) is 17.1. The van der Waals surface area contributed by atoms with Gasteiger partial charge < -0.3 is 69.0 Å². The topological polar surface area (TPSA) is 446 Å². The number of aliphatic hydroxyl groups excluding tert-OH is 2. The summed E-state index contributed by atoms with van der Waals surface area (Å²) in [5, 5.41) is 31.5. The highest BCUT2D eigenvalue weighted by atomic mass is 31.2. The van der Waals surface area contributed by atoms with Crippen LogP contribution >= 0.6 is 7.82 Å². The molecule has 0 aliphatic carbocycles. The van der Waals surface area contributed by atoms with Crippen molar-refractivity contribution in [2.45, 2.75) is 195 Å². The number of primary amides is 5. The van der Waals surface area contributed by atoms with E-state index in [1.165, 1.54) is 13.3 Å². The molecule has 0 saturated carbocycles. The summed E-state index contributed by atoms with van der Waals surface area (Å²) in [4.78, 5) is 127. The molecule has 7 aliphatic heterocycles. The summed E-state index contributed by atoms with van der Waals surface area (Å²) in [7, 11) is -5.06. The number of imidazole rings is 1. The smallest absolute Gasteiger partial charge is 0.394 e. The van der Waals surface area contributed by atoms with Gasteiger partial charge in [0.15, 0.2) is 6.23 Å². The number of aliphatic imine (C=N–C) groups is 3. The molecule has 7 amide bonds. The van der Waals surface area contributed by atoms with Crippen LogP contribution in [0.5, 0.6) is 0 Å². The van der Waals surface area contributed by atoms with Crippen molar-refractivity contribution in [1.29, 1.82) is 0 Å². The van der Waals surface area contributed by atoms with Crippen molar-refractivity contribution in [3.8, 4) is 0 Å². The van der Waals surface area contributed by atoms with Gasteiger partial charge in [0.2, 0.25) is 41.4 Å². The van der Waals surface area contributed by atoms with E-state index in [1.54, 1.807) is 4.57 Å². The average molecular weight is 1270 g/mol. The summed E-state index contributed by atoms with van der Waals surface area (Å²) in [6.45, 7) is 19.4. The molecule has 9 rings (SSSR count). The van der Waals surface area contributed by atoms with Gasteiger partial charge in [-0.25, -0.2) is 9.55 Å². The van der Waals surface area contributed by atoms with Crippen LogP contribution < -0.4 is 44.6 Å². The van der Waals surface area contributed by atoms with E-state index in [-0.39, 0.29) is 83.1 Å². The van der Waals surface area contributed by atoms with Crippen molar-refractivity contribution >= 4 is 77.3 Å². The minimum Gasteiger partial charge on any atom is -0.394 e. The highest BCUT2D eigenvalue weighted by Gasteiger charge is 2.68. The van der Waals surface area contributed by atoms with Crippen molar-refractivity contribution < 1.29 is 67.0 Å². The van der Waals surface area contributed by atoms with Crippen LogP contribution in [0.25, 0.3) is 11.0 Å². The number of aryl methyl sites for hydroxylation is 2. The predicted octanol–water partition coefficient (Wildman–Crippen LogP) is 2.93. The number of phosphoric ester groups is 1. The maximum absolute atomic E-state index is 14.4. The summed E-state index contributed by atoms with van der Waals surface area (Å²) < 4.78 is 32.3. The van der Waals surface area contributed by atoms with Gasteiger partial charge in [-0.05, 0) is 108 Å². The zero-order valence-corrected chi connectivity index (χ0v) is 54.0. The number of benzene rings is 1. The van der Waals surface area contributed by atoms with Gasteiger partial charge in [-0.1, -0.05) is 34.6 Å². The van der Waals surface area contributed by atoms with Gasteiger partial charge in [0.1, 0.15) is 18.3 Å². The van der Waals surface area contributed by atoms with Crippen molar-refractivity contribution in [2.75, 3.05) is 13.2 Å². The Bertz CT molecular complexity index is 3610. The molecule has 8 heterocycles. The summed E-state index contributed by atoms with van der Waals surface area (Å²) in [6, 6.07) is 2.71. The van der Waals surface area contributed by atoms with E-state index in [0.29, 0.717) is 56.4 Å². The summed E-state index contributed by atoms with van der Waals surface area (Å²) in [6.07, 6.45) is -4.15. The third-order valence-corrected chi connectivity index (χ3v) is 22.3. The van der Waals surface area contributed by atoms with Crippen LogP contribution in [0, 0.1) is 53.3 Å². The molecule has 8 bridgehead atoms. The number of nitrogens with two attached hydrogens (primary N) is 5. The molecule has 27 nitrogen and oxygen atoms in total. The van der Waals surface area contributed by atoms with Crippen molar-refractivity contribution in [2.24, 2.45) is 83.1 Å².